The molecule has 0 radical (unpaired) electrons. The van der Waals surface area contributed by atoms with E-state index < -0.39 is 10.8 Å². The van der Waals surface area contributed by atoms with Gasteiger partial charge in [0.05, 0.1) is 10.8 Å². The van der Waals surface area contributed by atoms with Crippen LogP contribution in [0.25, 0.3) is 0 Å². The first-order valence-electron chi connectivity index (χ1n) is 7.52. The Kier molecular flexibility index (Phi) is 6.77. The highest BCUT2D eigenvalue weighted by atomic mass is 32.2. The third kappa shape index (κ3) is 4.77. The fourth-order valence-electron chi connectivity index (χ4n) is 2.51. The smallest absolute Gasteiger partial charge is 0.0542 e. The standard InChI is InChI=1S/C18H23NO2S/c1-19(13-15-22(21)17-10-6-3-7-11-17)18(12-14-20)16-8-4-2-5-9-16/h2-11,18,20H,12-15H2,1H3. The van der Waals surface area contributed by atoms with Crippen molar-refractivity contribution >= 4 is 10.8 Å². The van der Waals surface area contributed by atoms with Crippen molar-refractivity contribution in [3.8, 4) is 0 Å². The highest BCUT2D eigenvalue weighted by molar-refractivity contribution is 7.85. The Morgan fingerprint density at radius 3 is 2.23 bits per heavy atom. The molecule has 2 rings (SSSR count). The van der Waals surface area contributed by atoms with Crippen LogP contribution in [0.15, 0.2) is 65.6 Å². The van der Waals surface area contributed by atoms with Crippen molar-refractivity contribution in [1.82, 2.24) is 4.90 Å². The van der Waals surface area contributed by atoms with Gasteiger partial charge in [-0.15, -0.1) is 0 Å². The van der Waals surface area contributed by atoms with Crippen molar-refractivity contribution in [2.75, 3.05) is 26.0 Å². The molecule has 2 aromatic rings. The Morgan fingerprint density at radius 2 is 1.64 bits per heavy atom. The predicted octanol–water partition coefficient (Wildman–Crippen LogP) is 2.85. The van der Waals surface area contributed by atoms with Crippen molar-refractivity contribution in [3.05, 3.63) is 66.2 Å². The van der Waals surface area contributed by atoms with Crippen LogP contribution in [0.3, 0.4) is 0 Å². The van der Waals surface area contributed by atoms with Gasteiger partial charge in [0, 0.05) is 29.8 Å². The molecule has 0 saturated heterocycles. The first-order valence-corrected chi connectivity index (χ1v) is 8.83. The molecule has 1 N–H and O–H groups in total. The lowest BCUT2D eigenvalue weighted by Gasteiger charge is -2.28. The number of aliphatic hydroxyl groups excluding tert-OH is 1. The third-order valence-electron chi connectivity index (χ3n) is 3.75. The molecule has 2 aromatic carbocycles. The normalized spacial score (nSPS) is 14.0. The van der Waals surface area contributed by atoms with Gasteiger partial charge >= 0.3 is 0 Å². The largest absolute Gasteiger partial charge is 0.396 e. The molecule has 2 unspecified atom stereocenters. The van der Waals surface area contributed by atoms with Gasteiger partial charge < -0.3 is 5.11 Å². The summed E-state index contributed by atoms with van der Waals surface area (Å²) in [5.74, 6) is 0.593. The molecule has 0 aliphatic carbocycles. The summed E-state index contributed by atoms with van der Waals surface area (Å²) < 4.78 is 12.3. The average Bonchev–Trinajstić information content (AvgIpc) is 2.58. The van der Waals surface area contributed by atoms with Crippen LogP contribution in [0.2, 0.25) is 0 Å². The minimum absolute atomic E-state index is 0.145. The summed E-state index contributed by atoms with van der Waals surface area (Å²) in [6, 6.07) is 19.9. The van der Waals surface area contributed by atoms with Crippen LogP contribution >= 0.6 is 0 Å². The molecule has 0 saturated carbocycles. The molecule has 0 spiro atoms. The van der Waals surface area contributed by atoms with Crippen LogP contribution in [-0.4, -0.2) is 40.2 Å². The van der Waals surface area contributed by atoms with Crippen LogP contribution in [0.1, 0.15) is 18.0 Å². The van der Waals surface area contributed by atoms with E-state index >= 15 is 0 Å². The second kappa shape index (κ2) is 8.83. The quantitative estimate of drug-likeness (QED) is 0.814. The first kappa shape index (κ1) is 16.9. The van der Waals surface area contributed by atoms with E-state index in [0.717, 1.165) is 11.4 Å². The average molecular weight is 317 g/mol. The van der Waals surface area contributed by atoms with E-state index in [4.69, 9.17) is 0 Å². The van der Waals surface area contributed by atoms with Crippen molar-refractivity contribution in [2.24, 2.45) is 0 Å². The molecule has 118 valence electrons. The Hall–Kier alpha value is -1.49. The predicted molar refractivity (Wildman–Crippen MR) is 91.2 cm³/mol. The lowest BCUT2D eigenvalue weighted by Crippen LogP contribution is -2.29. The molecule has 0 bridgehead atoms. The summed E-state index contributed by atoms with van der Waals surface area (Å²) in [5, 5.41) is 9.32. The fourth-order valence-corrected chi connectivity index (χ4v) is 3.66. The number of rotatable bonds is 8. The van der Waals surface area contributed by atoms with Gasteiger partial charge in [-0.25, -0.2) is 0 Å². The minimum Gasteiger partial charge on any atom is -0.396 e. The molecule has 3 nitrogen and oxygen atoms in total. The lowest BCUT2D eigenvalue weighted by molar-refractivity contribution is 0.193. The first-order chi connectivity index (χ1) is 10.7. The molecule has 0 amide bonds. The van der Waals surface area contributed by atoms with Gasteiger partial charge in [-0.05, 0) is 31.2 Å². The minimum atomic E-state index is -0.985. The topological polar surface area (TPSA) is 40.5 Å². The summed E-state index contributed by atoms with van der Waals surface area (Å²) in [4.78, 5) is 3.04. The van der Waals surface area contributed by atoms with Crippen LogP contribution in [0.4, 0.5) is 0 Å². The third-order valence-corrected chi connectivity index (χ3v) is 5.11. The maximum absolute atomic E-state index is 12.3. The highest BCUT2D eigenvalue weighted by Crippen LogP contribution is 2.22. The van der Waals surface area contributed by atoms with Crippen molar-refractivity contribution in [3.63, 3.8) is 0 Å². The Labute approximate surface area is 135 Å². The van der Waals surface area contributed by atoms with E-state index in [2.05, 4.69) is 17.0 Å². The number of hydrogen-bond acceptors (Lipinski definition) is 3. The summed E-state index contributed by atoms with van der Waals surface area (Å²) >= 11 is 0. The van der Waals surface area contributed by atoms with E-state index in [-0.39, 0.29) is 12.6 Å². The van der Waals surface area contributed by atoms with Crippen LogP contribution in [0.5, 0.6) is 0 Å². The molecule has 0 aliphatic heterocycles. The second-order valence-electron chi connectivity index (χ2n) is 5.28. The number of benzene rings is 2. The van der Waals surface area contributed by atoms with Crippen LogP contribution in [0, 0.1) is 0 Å². The Balaban J connectivity index is 1.97. The Bertz CT molecular complexity index is 574. The molecule has 0 heterocycles. The van der Waals surface area contributed by atoms with E-state index in [1.165, 1.54) is 5.56 Å². The maximum Gasteiger partial charge on any atom is 0.0542 e. The van der Waals surface area contributed by atoms with Gasteiger partial charge in [-0.1, -0.05) is 48.5 Å². The zero-order chi connectivity index (χ0) is 15.8. The van der Waals surface area contributed by atoms with Gasteiger partial charge in [-0.3, -0.25) is 9.11 Å². The lowest BCUT2D eigenvalue weighted by atomic mass is 10.0. The molecular formula is C18H23NO2S. The highest BCUT2D eigenvalue weighted by Gasteiger charge is 2.17. The van der Waals surface area contributed by atoms with Crippen LogP contribution in [-0.2, 0) is 10.8 Å². The molecular weight excluding hydrogens is 294 g/mol. The van der Waals surface area contributed by atoms with Gasteiger partial charge in [0.25, 0.3) is 0 Å². The van der Waals surface area contributed by atoms with Gasteiger partial charge in [0.15, 0.2) is 0 Å². The van der Waals surface area contributed by atoms with Gasteiger partial charge in [0.2, 0.25) is 0 Å². The SMILES string of the molecule is CN(CCS(=O)c1ccccc1)C(CCO)c1ccccc1. The van der Waals surface area contributed by atoms with Crippen molar-refractivity contribution < 1.29 is 9.32 Å². The van der Waals surface area contributed by atoms with Gasteiger partial charge in [-0.2, -0.15) is 0 Å². The molecule has 0 aromatic heterocycles. The summed E-state index contributed by atoms with van der Waals surface area (Å²) in [5.41, 5.74) is 1.18. The number of nitrogens with zero attached hydrogens (tertiary/aromatic N) is 1. The monoisotopic (exact) mass is 317 g/mol. The molecule has 0 fully saturated rings. The zero-order valence-electron chi connectivity index (χ0n) is 12.9. The maximum atomic E-state index is 12.3. The van der Waals surface area contributed by atoms with Crippen molar-refractivity contribution in [2.45, 2.75) is 17.4 Å². The molecule has 22 heavy (non-hydrogen) atoms. The van der Waals surface area contributed by atoms with E-state index in [1.54, 1.807) is 0 Å². The zero-order valence-corrected chi connectivity index (χ0v) is 13.7. The number of aliphatic hydroxyl groups is 1. The number of hydrogen-bond donors (Lipinski definition) is 1. The van der Waals surface area contributed by atoms with E-state index in [0.29, 0.717) is 12.2 Å². The van der Waals surface area contributed by atoms with Crippen molar-refractivity contribution in [1.29, 1.82) is 0 Å². The second-order valence-corrected chi connectivity index (χ2v) is 6.85. The van der Waals surface area contributed by atoms with E-state index in [9.17, 15) is 9.32 Å². The molecule has 4 heteroatoms. The van der Waals surface area contributed by atoms with Gasteiger partial charge in [0.1, 0.15) is 0 Å². The Morgan fingerprint density at radius 1 is 1.05 bits per heavy atom. The fraction of sp³-hybridized carbons (Fsp3) is 0.333. The van der Waals surface area contributed by atoms with Crippen LogP contribution < -0.4 is 0 Å². The summed E-state index contributed by atoms with van der Waals surface area (Å²) in [6.45, 7) is 0.868. The molecule has 0 aliphatic rings. The summed E-state index contributed by atoms with van der Waals surface area (Å²) in [6.07, 6.45) is 0.679. The van der Waals surface area contributed by atoms with E-state index in [1.807, 2.05) is 55.6 Å². The molecule has 2 atom stereocenters. The summed E-state index contributed by atoms with van der Waals surface area (Å²) in [7, 11) is 1.04.